The first kappa shape index (κ1) is 14.6. The SMILES string of the molecule is O=C(CO[P+](=O)O)c1ccc2oc(-c3ccccc3)cc2c1. The Balaban J connectivity index is 1.90. The highest BCUT2D eigenvalue weighted by Gasteiger charge is 2.17. The third-order valence-electron chi connectivity index (χ3n) is 3.20. The highest BCUT2D eigenvalue weighted by Crippen LogP contribution is 2.28. The van der Waals surface area contributed by atoms with Crippen molar-refractivity contribution in [2.45, 2.75) is 0 Å². The summed E-state index contributed by atoms with van der Waals surface area (Å²) < 4.78 is 20.7. The smallest absolute Gasteiger partial charge is 0.456 e. The highest BCUT2D eigenvalue weighted by molar-refractivity contribution is 7.32. The van der Waals surface area contributed by atoms with Crippen LogP contribution in [-0.2, 0) is 9.09 Å². The molecular weight excluding hydrogens is 303 g/mol. The Hall–Kier alpha value is -2.33. The van der Waals surface area contributed by atoms with Gasteiger partial charge in [0.15, 0.2) is 12.4 Å². The number of Topliss-reactive ketones (excluding diaryl/α,β-unsaturated/α-hetero) is 1. The molecule has 0 saturated carbocycles. The summed E-state index contributed by atoms with van der Waals surface area (Å²) in [5, 5.41) is 0.790. The van der Waals surface area contributed by atoms with Gasteiger partial charge in [-0.05, 0) is 24.3 Å². The zero-order valence-electron chi connectivity index (χ0n) is 11.4. The van der Waals surface area contributed by atoms with Gasteiger partial charge in [0.2, 0.25) is 0 Å². The largest absolute Gasteiger partial charge is 0.695 e. The molecule has 0 saturated heterocycles. The molecule has 2 aromatic carbocycles. The number of furan rings is 1. The van der Waals surface area contributed by atoms with Gasteiger partial charge in [0, 0.05) is 21.1 Å². The summed E-state index contributed by atoms with van der Waals surface area (Å²) >= 11 is 0. The third kappa shape index (κ3) is 3.12. The summed E-state index contributed by atoms with van der Waals surface area (Å²) in [6.45, 7) is -0.430. The van der Waals surface area contributed by atoms with Crippen molar-refractivity contribution in [2.75, 3.05) is 6.61 Å². The van der Waals surface area contributed by atoms with Crippen LogP contribution in [0.3, 0.4) is 0 Å². The minimum Gasteiger partial charge on any atom is -0.456 e. The van der Waals surface area contributed by atoms with Crippen molar-refractivity contribution < 1.29 is 23.2 Å². The average molecular weight is 315 g/mol. The van der Waals surface area contributed by atoms with Crippen molar-refractivity contribution in [3.8, 4) is 11.3 Å². The minimum absolute atomic E-state index is 0.359. The van der Waals surface area contributed by atoms with Crippen LogP contribution in [0.25, 0.3) is 22.3 Å². The second-order valence-corrected chi connectivity index (χ2v) is 5.40. The molecule has 110 valence electrons. The summed E-state index contributed by atoms with van der Waals surface area (Å²) in [5.74, 6) is 0.358. The van der Waals surface area contributed by atoms with Crippen LogP contribution >= 0.6 is 8.25 Å². The van der Waals surface area contributed by atoms with Gasteiger partial charge < -0.3 is 4.42 Å². The molecule has 1 N–H and O–H groups in total. The lowest BCUT2D eigenvalue weighted by Crippen LogP contribution is -2.05. The fourth-order valence-electron chi connectivity index (χ4n) is 2.16. The van der Waals surface area contributed by atoms with E-state index in [1.54, 1.807) is 18.2 Å². The number of hydrogen-bond acceptors (Lipinski definition) is 4. The Morgan fingerprint density at radius 2 is 1.91 bits per heavy atom. The number of benzene rings is 2. The van der Waals surface area contributed by atoms with Crippen molar-refractivity contribution in [3.05, 3.63) is 60.2 Å². The van der Waals surface area contributed by atoms with Crippen LogP contribution < -0.4 is 0 Å². The van der Waals surface area contributed by atoms with Crippen LogP contribution in [0.2, 0.25) is 0 Å². The molecule has 1 heterocycles. The van der Waals surface area contributed by atoms with Gasteiger partial charge in [-0.25, -0.2) is 0 Å². The fourth-order valence-corrected chi connectivity index (χ4v) is 2.39. The normalized spacial score (nSPS) is 11.6. The van der Waals surface area contributed by atoms with Gasteiger partial charge in [0.1, 0.15) is 11.3 Å². The molecule has 1 atom stereocenters. The van der Waals surface area contributed by atoms with Gasteiger partial charge in [-0.15, -0.1) is 9.42 Å². The van der Waals surface area contributed by atoms with Crippen molar-refractivity contribution >= 4 is 25.0 Å². The highest BCUT2D eigenvalue weighted by atomic mass is 31.1. The van der Waals surface area contributed by atoms with E-state index in [4.69, 9.17) is 9.31 Å². The number of ketones is 1. The molecule has 3 aromatic rings. The van der Waals surface area contributed by atoms with E-state index >= 15 is 0 Å². The molecule has 0 fully saturated rings. The molecule has 0 aliphatic rings. The van der Waals surface area contributed by atoms with Gasteiger partial charge in [-0.2, -0.15) is 0 Å². The fraction of sp³-hybridized carbons (Fsp3) is 0.0625. The number of fused-ring (bicyclic) bond motifs is 1. The summed E-state index contributed by atoms with van der Waals surface area (Å²) in [5.41, 5.74) is 2.03. The van der Waals surface area contributed by atoms with Gasteiger partial charge in [0.05, 0.1) is 0 Å². The Kier molecular flexibility index (Phi) is 4.11. The molecule has 6 heteroatoms. The maximum absolute atomic E-state index is 11.9. The summed E-state index contributed by atoms with van der Waals surface area (Å²) in [6, 6.07) is 16.5. The molecule has 0 bridgehead atoms. The number of carbonyl (C=O) groups is 1. The van der Waals surface area contributed by atoms with E-state index in [1.807, 2.05) is 36.4 Å². The van der Waals surface area contributed by atoms with Gasteiger partial charge in [-0.1, -0.05) is 30.3 Å². The Morgan fingerprint density at radius 3 is 2.64 bits per heavy atom. The summed E-state index contributed by atoms with van der Waals surface area (Å²) in [4.78, 5) is 20.4. The summed E-state index contributed by atoms with van der Waals surface area (Å²) in [7, 11) is -2.77. The monoisotopic (exact) mass is 315 g/mol. The van der Waals surface area contributed by atoms with Gasteiger partial charge >= 0.3 is 8.25 Å². The maximum atomic E-state index is 11.9. The standard InChI is InChI=1S/C16H11O5P/c17-14(10-20-22(18)19)12-6-7-15-13(8-12)9-16(21-15)11-4-2-1-3-5-11/h1-9H,10H2/p+1. The van der Waals surface area contributed by atoms with Crippen LogP contribution in [-0.4, -0.2) is 17.3 Å². The van der Waals surface area contributed by atoms with E-state index in [0.717, 1.165) is 16.7 Å². The van der Waals surface area contributed by atoms with E-state index in [2.05, 4.69) is 4.52 Å². The lowest BCUT2D eigenvalue weighted by atomic mass is 10.1. The molecule has 3 rings (SSSR count). The first-order valence-corrected chi connectivity index (χ1v) is 7.68. The molecule has 22 heavy (non-hydrogen) atoms. The lowest BCUT2D eigenvalue weighted by Gasteiger charge is -1.96. The minimum atomic E-state index is -2.77. The number of carbonyl (C=O) groups excluding carboxylic acids is 1. The molecule has 5 nitrogen and oxygen atoms in total. The molecule has 1 unspecified atom stereocenters. The third-order valence-corrected chi connectivity index (χ3v) is 3.55. The zero-order chi connectivity index (χ0) is 15.5. The number of hydrogen-bond donors (Lipinski definition) is 1. The van der Waals surface area contributed by atoms with E-state index in [-0.39, 0.29) is 5.78 Å². The lowest BCUT2D eigenvalue weighted by molar-refractivity contribution is 0.0917. The van der Waals surface area contributed by atoms with E-state index in [9.17, 15) is 9.36 Å². The second-order valence-electron chi connectivity index (χ2n) is 4.66. The van der Waals surface area contributed by atoms with E-state index in [1.165, 1.54) is 0 Å². The molecule has 0 aliphatic heterocycles. The first-order valence-electron chi connectivity index (χ1n) is 6.55. The molecule has 0 amide bonds. The van der Waals surface area contributed by atoms with Crippen LogP contribution in [0, 0.1) is 0 Å². The predicted octanol–water partition coefficient (Wildman–Crippen LogP) is 3.95. The van der Waals surface area contributed by atoms with Gasteiger partial charge in [0.25, 0.3) is 0 Å². The van der Waals surface area contributed by atoms with Crippen molar-refractivity contribution in [3.63, 3.8) is 0 Å². The first-order chi connectivity index (χ1) is 10.6. The molecule has 0 radical (unpaired) electrons. The summed E-state index contributed by atoms with van der Waals surface area (Å²) in [6.07, 6.45) is 0. The van der Waals surface area contributed by atoms with Crippen LogP contribution in [0.15, 0.2) is 59.0 Å². The predicted molar refractivity (Wildman–Crippen MR) is 81.8 cm³/mol. The molecule has 0 spiro atoms. The van der Waals surface area contributed by atoms with Crippen molar-refractivity contribution in [1.82, 2.24) is 0 Å². The topological polar surface area (TPSA) is 76.7 Å². The Morgan fingerprint density at radius 1 is 1.14 bits per heavy atom. The van der Waals surface area contributed by atoms with Crippen molar-refractivity contribution in [2.24, 2.45) is 0 Å². The van der Waals surface area contributed by atoms with E-state index < -0.39 is 14.9 Å². The Bertz CT molecular complexity index is 838. The Labute approximate surface area is 127 Å². The van der Waals surface area contributed by atoms with Crippen LogP contribution in [0.4, 0.5) is 0 Å². The van der Waals surface area contributed by atoms with Crippen molar-refractivity contribution in [1.29, 1.82) is 0 Å². The molecule has 0 aliphatic carbocycles. The maximum Gasteiger partial charge on any atom is 0.695 e. The van der Waals surface area contributed by atoms with Gasteiger partial charge in [-0.3, -0.25) is 4.79 Å². The molecular formula is C16H12O5P+. The average Bonchev–Trinajstić information content (AvgIpc) is 2.96. The van der Waals surface area contributed by atoms with Crippen LogP contribution in [0.5, 0.6) is 0 Å². The van der Waals surface area contributed by atoms with E-state index in [0.29, 0.717) is 11.1 Å². The quantitative estimate of drug-likeness (QED) is 0.570. The molecule has 1 aromatic heterocycles. The second kappa shape index (κ2) is 6.20. The zero-order valence-corrected chi connectivity index (χ0v) is 12.3. The number of rotatable bonds is 5. The van der Waals surface area contributed by atoms with Crippen LogP contribution in [0.1, 0.15) is 10.4 Å².